The van der Waals surface area contributed by atoms with Crippen LogP contribution in [0.5, 0.6) is 5.75 Å². The number of hydrogen-bond donors (Lipinski definition) is 0. The monoisotopic (exact) mass is 360 g/mol. The van der Waals surface area contributed by atoms with Crippen LogP contribution in [-0.4, -0.2) is 54.4 Å². The molecule has 0 N–H and O–H groups in total. The minimum Gasteiger partial charge on any atom is -0.494 e. The maximum atomic E-state index is 12.4. The lowest BCUT2D eigenvalue weighted by atomic mass is 9.87. The quantitative estimate of drug-likeness (QED) is 0.758. The van der Waals surface area contributed by atoms with E-state index in [-0.39, 0.29) is 17.2 Å². The molecule has 1 aromatic carbocycles. The predicted molar refractivity (Wildman–Crippen MR) is 103 cm³/mol. The van der Waals surface area contributed by atoms with Crippen LogP contribution in [0.25, 0.3) is 0 Å². The van der Waals surface area contributed by atoms with Gasteiger partial charge in [-0.1, -0.05) is 32.9 Å². The maximum Gasteiger partial charge on any atom is 0.222 e. The maximum absolute atomic E-state index is 12.4. The summed E-state index contributed by atoms with van der Waals surface area (Å²) in [5, 5.41) is 0. The van der Waals surface area contributed by atoms with E-state index in [2.05, 4.69) is 32.9 Å². The molecular formula is C21H32N2O3. The molecule has 1 aromatic rings. The standard InChI is InChI=1S/C21H32N2O3/c1-17(24)22-12-6-13-23(15-14-22)20(25)7-5-16-26-19-10-8-18(9-11-19)21(2,3)4/h8-11H,5-7,12-16H2,1-4H3. The first kappa shape index (κ1) is 20.3. The van der Waals surface area contributed by atoms with Crippen molar-refractivity contribution in [2.75, 3.05) is 32.8 Å². The zero-order valence-corrected chi connectivity index (χ0v) is 16.6. The van der Waals surface area contributed by atoms with Gasteiger partial charge in [-0.05, 0) is 36.0 Å². The van der Waals surface area contributed by atoms with E-state index < -0.39 is 0 Å². The third-order valence-corrected chi connectivity index (χ3v) is 4.82. The van der Waals surface area contributed by atoms with Gasteiger partial charge in [-0.25, -0.2) is 0 Å². The summed E-state index contributed by atoms with van der Waals surface area (Å²) in [4.78, 5) is 27.5. The molecule has 0 spiro atoms. The molecular weight excluding hydrogens is 328 g/mol. The Bertz CT molecular complexity index is 605. The van der Waals surface area contributed by atoms with Crippen LogP contribution >= 0.6 is 0 Å². The van der Waals surface area contributed by atoms with E-state index in [0.29, 0.717) is 32.5 Å². The molecule has 144 valence electrons. The predicted octanol–water partition coefficient (Wildman–Crippen LogP) is 3.22. The highest BCUT2D eigenvalue weighted by Crippen LogP contribution is 2.24. The van der Waals surface area contributed by atoms with Crippen molar-refractivity contribution in [3.05, 3.63) is 29.8 Å². The van der Waals surface area contributed by atoms with Crippen LogP contribution in [0.4, 0.5) is 0 Å². The summed E-state index contributed by atoms with van der Waals surface area (Å²) in [6.07, 6.45) is 2.04. The van der Waals surface area contributed by atoms with Gasteiger partial charge in [0.25, 0.3) is 0 Å². The van der Waals surface area contributed by atoms with Gasteiger partial charge in [-0.15, -0.1) is 0 Å². The van der Waals surface area contributed by atoms with Crippen LogP contribution in [0.15, 0.2) is 24.3 Å². The van der Waals surface area contributed by atoms with E-state index in [0.717, 1.165) is 25.3 Å². The van der Waals surface area contributed by atoms with Gasteiger partial charge in [0.15, 0.2) is 0 Å². The lowest BCUT2D eigenvalue weighted by Gasteiger charge is -2.21. The van der Waals surface area contributed by atoms with Gasteiger partial charge in [-0.2, -0.15) is 0 Å². The fraction of sp³-hybridized carbons (Fsp3) is 0.619. The van der Waals surface area contributed by atoms with Crippen molar-refractivity contribution in [1.29, 1.82) is 0 Å². The molecule has 0 radical (unpaired) electrons. The summed E-state index contributed by atoms with van der Waals surface area (Å²) >= 11 is 0. The minimum atomic E-state index is 0.0881. The minimum absolute atomic E-state index is 0.0881. The van der Waals surface area contributed by atoms with Gasteiger partial charge >= 0.3 is 0 Å². The Morgan fingerprint density at radius 2 is 1.62 bits per heavy atom. The van der Waals surface area contributed by atoms with Crippen LogP contribution in [0.1, 0.15) is 52.5 Å². The Balaban J connectivity index is 1.71. The fourth-order valence-corrected chi connectivity index (χ4v) is 3.10. The van der Waals surface area contributed by atoms with E-state index in [4.69, 9.17) is 4.74 Å². The number of amides is 2. The molecule has 2 rings (SSSR count). The molecule has 2 amide bonds. The Labute approximate surface area is 157 Å². The zero-order chi connectivity index (χ0) is 19.2. The highest BCUT2D eigenvalue weighted by molar-refractivity contribution is 5.76. The lowest BCUT2D eigenvalue weighted by molar-refractivity contribution is -0.132. The molecule has 0 aliphatic carbocycles. The van der Waals surface area contributed by atoms with E-state index in [9.17, 15) is 9.59 Å². The average molecular weight is 360 g/mol. The van der Waals surface area contributed by atoms with E-state index in [1.807, 2.05) is 21.9 Å². The van der Waals surface area contributed by atoms with Gasteiger partial charge in [0.2, 0.25) is 11.8 Å². The molecule has 1 fully saturated rings. The Morgan fingerprint density at radius 1 is 1.00 bits per heavy atom. The molecule has 1 aliphatic rings. The van der Waals surface area contributed by atoms with Gasteiger partial charge in [0.1, 0.15) is 5.75 Å². The van der Waals surface area contributed by atoms with Gasteiger partial charge in [0, 0.05) is 39.5 Å². The molecule has 5 heteroatoms. The third-order valence-electron chi connectivity index (χ3n) is 4.82. The number of hydrogen-bond acceptors (Lipinski definition) is 3. The second-order valence-electron chi connectivity index (χ2n) is 7.97. The van der Waals surface area contributed by atoms with Crippen LogP contribution in [0.3, 0.4) is 0 Å². The Morgan fingerprint density at radius 3 is 2.23 bits per heavy atom. The van der Waals surface area contributed by atoms with Crippen LogP contribution in [-0.2, 0) is 15.0 Å². The molecule has 1 saturated heterocycles. The van der Waals surface area contributed by atoms with Crippen molar-refractivity contribution in [2.24, 2.45) is 0 Å². The van der Waals surface area contributed by atoms with Gasteiger partial charge in [-0.3, -0.25) is 9.59 Å². The summed E-state index contributed by atoms with van der Waals surface area (Å²) in [7, 11) is 0. The first-order chi connectivity index (χ1) is 12.3. The normalized spacial score (nSPS) is 15.5. The molecule has 0 unspecified atom stereocenters. The first-order valence-electron chi connectivity index (χ1n) is 9.54. The van der Waals surface area contributed by atoms with Gasteiger partial charge in [0.05, 0.1) is 6.61 Å². The first-order valence-corrected chi connectivity index (χ1v) is 9.54. The van der Waals surface area contributed by atoms with Crippen molar-refractivity contribution in [1.82, 2.24) is 9.80 Å². The number of nitrogens with zero attached hydrogens (tertiary/aromatic N) is 2. The second-order valence-corrected chi connectivity index (χ2v) is 7.97. The summed E-state index contributed by atoms with van der Waals surface area (Å²) in [6.45, 7) is 11.4. The number of ether oxygens (including phenoxy) is 1. The highest BCUT2D eigenvalue weighted by atomic mass is 16.5. The molecule has 0 atom stereocenters. The summed E-state index contributed by atoms with van der Waals surface area (Å²) < 4.78 is 5.76. The molecule has 1 heterocycles. The van der Waals surface area contributed by atoms with Crippen molar-refractivity contribution < 1.29 is 14.3 Å². The average Bonchev–Trinajstić information content (AvgIpc) is 2.84. The second kappa shape index (κ2) is 9.06. The Kier molecular flexibility index (Phi) is 7.06. The smallest absolute Gasteiger partial charge is 0.222 e. The number of carbonyl (C=O) groups excluding carboxylic acids is 2. The number of benzene rings is 1. The molecule has 5 nitrogen and oxygen atoms in total. The Hall–Kier alpha value is -2.04. The zero-order valence-electron chi connectivity index (χ0n) is 16.6. The van der Waals surface area contributed by atoms with E-state index >= 15 is 0 Å². The van der Waals surface area contributed by atoms with Crippen molar-refractivity contribution in [3.63, 3.8) is 0 Å². The van der Waals surface area contributed by atoms with Crippen LogP contribution in [0, 0.1) is 0 Å². The van der Waals surface area contributed by atoms with Crippen molar-refractivity contribution in [3.8, 4) is 5.75 Å². The summed E-state index contributed by atoms with van der Waals surface area (Å²) in [5.74, 6) is 1.09. The molecule has 0 bridgehead atoms. The molecule has 1 aliphatic heterocycles. The summed E-state index contributed by atoms with van der Waals surface area (Å²) in [6, 6.07) is 8.18. The lowest BCUT2D eigenvalue weighted by Crippen LogP contribution is -2.36. The number of rotatable bonds is 5. The largest absolute Gasteiger partial charge is 0.494 e. The van der Waals surface area contributed by atoms with E-state index in [1.165, 1.54) is 5.56 Å². The van der Waals surface area contributed by atoms with Crippen LogP contribution in [0.2, 0.25) is 0 Å². The summed E-state index contributed by atoms with van der Waals surface area (Å²) in [5.41, 5.74) is 1.41. The van der Waals surface area contributed by atoms with E-state index in [1.54, 1.807) is 6.92 Å². The fourth-order valence-electron chi connectivity index (χ4n) is 3.10. The molecule has 26 heavy (non-hydrogen) atoms. The van der Waals surface area contributed by atoms with Gasteiger partial charge < -0.3 is 14.5 Å². The number of carbonyl (C=O) groups is 2. The third kappa shape index (κ3) is 6.04. The highest BCUT2D eigenvalue weighted by Gasteiger charge is 2.20. The molecule has 0 aromatic heterocycles. The van der Waals surface area contributed by atoms with Crippen molar-refractivity contribution >= 4 is 11.8 Å². The molecule has 0 saturated carbocycles. The topological polar surface area (TPSA) is 49.9 Å². The SMILES string of the molecule is CC(=O)N1CCCN(C(=O)CCCOc2ccc(C(C)(C)C)cc2)CC1. The van der Waals surface area contributed by atoms with Crippen molar-refractivity contribution in [2.45, 2.75) is 52.4 Å². The van der Waals surface area contributed by atoms with Crippen LogP contribution < -0.4 is 4.74 Å².